The minimum Gasteiger partial charge on any atom is -0.229 e. The van der Waals surface area contributed by atoms with Crippen LogP contribution in [0.4, 0.5) is 0 Å². The van der Waals surface area contributed by atoms with Crippen LogP contribution < -0.4 is 0 Å². The van der Waals surface area contributed by atoms with Gasteiger partial charge in [-0.3, -0.25) is 0 Å². The summed E-state index contributed by atoms with van der Waals surface area (Å²) in [4.78, 5) is 0. The van der Waals surface area contributed by atoms with E-state index >= 15 is 0 Å². The van der Waals surface area contributed by atoms with Crippen LogP contribution >= 0.6 is 0 Å². The third-order valence-corrected chi connectivity index (χ3v) is 12.7. The van der Waals surface area contributed by atoms with E-state index in [-0.39, 0.29) is 32.7 Å². The zero-order valence-electron chi connectivity index (χ0n) is 22.3. The zero-order chi connectivity index (χ0) is 27.4. The summed E-state index contributed by atoms with van der Waals surface area (Å²) in [5.41, 5.74) is 0. The minimum atomic E-state index is -2.74. The molecule has 1 aliphatic carbocycles. The Balaban J connectivity index is -0.000000368. The molecule has 1 aliphatic rings. The summed E-state index contributed by atoms with van der Waals surface area (Å²) < 4.78 is 85.6. The van der Waals surface area contributed by atoms with E-state index in [4.69, 9.17) is 0 Å². The first-order chi connectivity index (χ1) is 14.4. The lowest BCUT2D eigenvalue weighted by molar-refractivity contribution is 0.472. The van der Waals surface area contributed by atoms with Gasteiger partial charge in [0, 0.05) is 18.3 Å². The number of hydrogen-bond donors (Lipinski definition) is 0. The summed E-state index contributed by atoms with van der Waals surface area (Å²) in [6.45, 7) is 15.7. The number of rotatable bonds is 7. The van der Waals surface area contributed by atoms with Gasteiger partial charge in [-0.25, -0.2) is 33.7 Å². The van der Waals surface area contributed by atoms with Crippen molar-refractivity contribution in [3.05, 3.63) is 0 Å². The Bertz CT molecular complexity index is 938. The Labute approximate surface area is 205 Å². The molecule has 0 aliphatic heterocycles. The van der Waals surface area contributed by atoms with Crippen LogP contribution in [0.5, 0.6) is 0 Å². The maximum Gasteiger partial charge on any atom is 0.155 e. The molecule has 0 N–H and O–H groups in total. The molecule has 0 aromatic rings. The maximum atomic E-state index is 11.3. The van der Waals surface area contributed by atoms with Crippen molar-refractivity contribution < 1.29 is 33.7 Å². The van der Waals surface area contributed by atoms with Crippen LogP contribution in [0.25, 0.3) is 0 Å². The Hall–Kier alpha value is -0.200. The highest BCUT2D eigenvalue weighted by molar-refractivity contribution is 7.92. The van der Waals surface area contributed by atoms with E-state index in [9.17, 15) is 33.7 Å². The fourth-order valence-corrected chi connectivity index (χ4v) is 5.66. The SMILES string of the molecule is CC(C)CS(C)(=O)=O.CC(C)S(=O)(=O)C1CCC1.CC(C)S(C)(=O)=O.CCS(=O)(=O)C(C)C. The van der Waals surface area contributed by atoms with E-state index in [1.807, 2.05) is 13.8 Å². The molecule has 0 spiro atoms. The Morgan fingerprint density at radius 1 is 0.667 bits per heavy atom. The van der Waals surface area contributed by atoms with Crippen LogP contribution in [0.2, 0.25) is 0 Å². The molecular weight excluding hydrogens is 508 g/mol. The molecular formula is C21H48O8S4. The molecule has 204 valence electrons. The normalized spacial score (nSPS) is 15.1. The lowest BCUT2D eigenvalue weighted by Gasteiger charge is -2.26. The lowest BCUT2D eigenvalue weighted by atomic mass is 10.00. The van der Waals surface area contributed by atoms with Crippen molar-refractivity contribution in [2.45, 2.75) is 103 Å². The van der Waals surface area contributed by atoms with Gasteiger partial charge in [-0.05, 0) is 60.3 Å². The lowest BCUT2D eigenvalue weighted by Crippen LogP contribution is -2.33. The second-order valence-corrected chi connectivity index (χ2v) is 20.0. The van der Waals surface area contributed by atoms with Crippen LogP contribution in [-0.2, 0) is 39.3 Å². The van der Waals surface area contributed by atoms with E-state index < -0.39 is 39.3 Å². The summed E-state index contributed by atoms with van der Waals surface area (Å²) in [6, 6.07) is 0. The van der Waals surface area contributed by atoms with Gasteiger partial charge in [0.05, 0.1) is 26.8 Å². The molecule has 0 unspecified atom stereocenters. The maximum absolute atomic E-state index is 11.3. The third kappa shape index (κ3) is 19.8. The van der Waals surface area contributed by atoms with Crippen molar-refractivity contribution in [3.63, 3.8) is 0 Å². The van der Waals surface area contributed by atoms with Crippen LogP contribution in [0, 0.1) is 5.92 Å². The monoisotopic (exact) mass is 556 g/mol. The Morgan fingerprint density at radius 3 is 1.06 bits per heavy atom. The number of sulfone groups is 4. The average molecular weight is 557 g/mol. The van der Waals surface area contributed by atoms with Crippen LogP contribution in [0.3, 0.4) is 0 Å². The van der Waals surface area contributed by atoms with Crippen LogP contribution in [-0.4, -0.2) is 78.7 Å². The molecule has 1 rings (SSSR count). The molecule has 33 heavy (non-hydrogen) atoms. The highest BCUT2D eigenvalue weighted by Gasteiger charge is 2.33. The van der Waals surface area contributed by atoms with Gasteiger partial charge in [0.15, 0.2) is 19.7 Å². The fourth-order valence-electron chi connectivity index (χ4n) is 2.02. The van der Waals surface area contributed by atoms with Crippen molar-refractivity contribution in [3.8, 4) is 0 Å². The van der Waals surface area contributed by atoms with Gasteiger partial charge in [0.2, 0.25) is 0 Å². The van der Waals surface area contributed by atoms with Crippen molar-refractivity contribution in [1.29, 1.82) is 0 Å². The molecule has 0 radical (unpaired) electrons. The van der Waals surface area contributed by atoms with E-state index in [0.717, 1.165) is 19.3 Å². The van der Waals surface area contributed by atoms with Gasteiger partial charge in [-0.15, -0.1) is 0 Å². The van der Waals surface area contributed by atoms with E-state index in [2.05, 4.69) is 0 Å². The molecule has 1 fully saturated rings. The molecule has 0 heterocycles. The zero-order valence-corrected chi connectivity index (χ0v) is 25.6. The van der Waals surface area contributed by atoms with Gasteiger partial charge in [0.25, 0.3) is 0 Å². The van der Waals surface area contributed by atoms with Crippen LogP contribution in [0.1, 0.15) is 81.6 Å². The van der Waals surface area contributed by atoms with Gasteiger partial charge < -0.3 is 0 Å². The van der Waals surface area contributed by atoms with Crippen molar-refractivity contribution in [2.75, 3.05) is 24.0 Å². The van der Waals surface area contributed by atoms with Crippen molar-refractivity contribution >= 4 is 39.3 Å². The molecule has 0 atom stereocenters. The second kappa shape index (κ2) is 15.7. The van der Waals surface area contributed by atoms with E-state index in [0.29, 0.717) is 5.75 Å². The van der Waals surface area contributed by atoms with Crippen molar-refractivity contribution in [2.24, 2.45) is 5.92 Å². The first kappa shape index (κ1) is 37.4. The summed E-state index contributed by atoms with van der Waals surface area (Å²) in [7, 11) is -10.9. The first-order valence-electron chi connectivity index (χ1n) is 11.2. The second-order valence-electron chi connectivity index (χ2n) is 9.56. The Kier molecular flexibility index (Phi) is 17.8. The molecule has 1 saturated carbocycles. The summed E-state index contributed by atoms with van der Waals surface area (Å²) in [5.74, 6) is 0.808. The summed E-state index contributed by atoms with van der Waals surface area (Å²) in [6.07, 6.45) is 5.36. The van der Waals surface area contributed by atoms with Crippen molar-refractivity contribution in [1.82, 2.24) is 0 Å². The van der Waals surface area contributed by atoms with Gasteiger partial charge in [-0.1, -0.05) is 27.2 Å². The largest absolute Gasteiger partial charge is 0.229 e. The molecule has 12 heteroatoms. The van der Waals surface area contributed by atoms with Gasteiger partial charge in [-0.2, -0.15) is 0 Å². The first-order valence-corrected chi connectivity index (χ1v) is 18.6. The van der Waals surface area contributed by atoms with Gasteiger partial charge >= 0.3 is 0 Å². The minimum absolute atomic E-state index is 0.00694. The molecule has 0 saturated heterocycles. The molecule has 8 nitrogen and oxygen atoms in total. The third-order valence-electron chi connectivity index (χ3n) is 4.79. The van der Waals surface area contributed by atoms with E-state index in [1.165, 1.54) is 12.5 Å². The highest BCUT2D eigenvalue weighted by atomic mass is 32.2. The van der Waals surface area contributed by atoms with Gasteiger partial charge in [0.1, 0.15) is 19.7 Å². The van der Waals surface area contributed by atoms with Crippen LogP contribution in [0.15, 0.2) is 0 Å². The smallest absolute Gasteiger partial charge is 0.155 e. The standard InChI is InChI=1S/C7H14O2S.2C5H12O2S.C4H10O2S/c1-6(2)10(8,9)7-4-3-5-7;1-5(2)4-8(3,6)7;1-4-8(6,7)5(2)3;1-4(2)7(3,5)6/h6-7H,3-5H2,1-2H3;2*5H,4H2,1-3H3;4H,1-3H3. The highest BCUT2D eigenvalue weighted by Crippen LogP contribution is 2.28. The predicted molar refractivity (Wildman–Crippen MR) is 141 cm³/mol. The topological polar surface area (TPSA) is 137 Å². The predicted octanol–water partition coefficient (Wildman–Crippen LogP) is 3.32. The molecule has 0 aromatic carbocycles. The molecule has 0 amide bonds. The fraction of sp³-hybridized carbons (Fsp3) is 1.00. The molecule has 0 bridgehead atoms. The quantitative estimate of drug-likeness (QED) is 0.466. The number of hydrogen-bond acceptors (Lipinski definition) is 8. The molecule has 0 aromatic heterocycles. The average Bonchev–Trinajstić information content (AvgIpc) is 2.50. The van der Waals surface area contributed by atoms with E-state index in [1.54, 1.807) is 48.5 Å². The summed E-state index contributed by atoms with van der Waals surface area (Å²) >= 11 is 0. The Morgan fingerprint density at radius 2 is 1.03 bits per heavy atom. The summed E-state index contributed by atoms with van der Waals surface area (Å²) in [5, 5.41) is -0.634.